The van der Waals surface area contributed by atoms with Gasteiger partial charge in [0, 0.05) is 63.0 Å². The first kappa shape index (κ1) is 47.9. The number of aromatic nitrogens is 3. The SMILES string of the molecule is Brc1ccc2[nH]ccc2c1.COC(=O)[C@@H](C)CI.COC(=O)[C@@H](C)CO.COC(=O)[C@@H](C)Cc1ccc2[nH]ccc2c1.CO[C@@H](N)Cc1ccc2[nH]ccc2c1. The molecule has 0 amide bonds. The fraction of sp³-hybridized carbons (Fsp3) is 0.357. The largest absolute Gasteiger partial charge is 0.469 e. The fourth-order valence-electron chi connectivity index (χ4n) is 4.98. The number of hydrogen-bond acceptors (Lipinski definition) is 9. The number of carbonyl (C=O) groups is 3. The van der Waals surface area contributed by atoms with Gasteiger partial charge in [0.25, 0.3) is 0 Å². The minimum absolute atomic E-state index is 0.0422. The second-order valence-corrected chi connectivity index (χ2v) is 14.6. The van der Waals surface area contributed by atoms with Gasteiger partial charge in [0.1, 0.15) is 6.23 Å². The summed E-state index contributed by atoms with van der Waals surface area (Å²) >= 11 is 5.55. The number of nitrogens with two attached hydrogens (primary N) is 1. The maximum Gasteiger partial charge on any atom is 0.310 e. The number of hydrogen-bond donors (Lipinski definition) is 5. The van der Waals surface area contributed by atoms with Crippen molar-refractivity contribution in [1.82, 2.24) is 15.0 Å². The molecule has 0 radical (unpaired) electrons. The molecular weight excluding hydrogens is 895 g/mol. The van der Waals surface area contributed by atoms with Crippen LogP contribution in [-0.2, 0) is 46.2 Å². The first-order valence-electron chi connectivity index (χ1n) is 17.8. The third-order valence-electron chi connectivity index (χ3n) is 8.35. The van der Waals surface area contributed by atoms with Crippen LogP contribution in [0, 0.1) is 17.8 Å². The summed E-state index contributed by atoms with van der Waals surface area (Å²) in [7, 11) is 5.76. The summed E-state index contributed by atoms with van der Waals surface area (Å²) in [5.41, 5.74) is 11.5. The molecule has 3 aromatic heterocycles. The molecule has 6 N–H and O–H groups in total. The maximum absolute atomic E-state index is 11.3. The van der Waals surface area contributed by atoms with E-state index in [-0.39, 0.29) is 48.5 Å². The van der Waals surface area contributed by atoms with Crippen molar-refractivity contribution in [3.8, 4) is 0 Å². The Bertz CT molecular complexity index is 2040. The lowest BCUT2D eigenvalue weighted by Crippen LogP contribution is -2.24. The number of ether oxygens (including phenoxy) is 4. The highest BCUT2D eigenvalue weighted by atomic mass is 127. The predicted octanol–water partition coefficient (Wildman–Crippen LogP) is 8.11. The number of esters is 3. The number of aliphatic hydroxyl groups is 1. The number of H-pyrrole nitrogens is 3. The van der Waals surface area contributed by atoms with Gasteiger partial charge in [-0.25, -0.2) is 0 Å². The molecule has 3 heterocycles. The zero-order valence-electron chi connectivity index (χ0n) is 32.9. The van der Waals surface area contributed by atoms with Gasteiger partial charge in [0.15, 0.2) is 0 Å². The lowest BCUT2D eigenvalue weighted by Gasteiger charge is -2.08. The second-order valence-electron chi connectivity index (χ2n) is 12.8. The minimum Gasteiger partial charge on any atom is -0.469 e. The summed E-state index contributed by atoms with van der Waals surface area (Å²) < 4.78 is 20.4. The number of nitrogens with one attached hydrogen (secondary N) is 3. The number of rotatable bonds is 10. The van der Waals surface area contributed by atoms with Crippen LogP contribution in [0.3, 0.4) is 0 Å². The van der Waals surface area contributed by atoms with Crippen molar-refractivity contribution in [3.63, 3.8) is 0 Å². The summed E-state index contributed by atoms with van der Waals surface area (Å²) in [6.45, 7) is 5.18. The molecule has 4 atom stereocenters. The van der Waals surface area contributed by atoms with E-state index in [1.165, 1.54) is 48.6 Å². The highest BCUT2D eigenvalue weighted by Gasteiger charge is 2.14. The predicted molar refractivity (Wildman–Crippen MR) is 235 cm³/mol. The molecule has 0 saturated carbocycles. The average Bonchev–Trinajstić information content (AvgIpc) is 4.01. The van der Waals surface area contributed by atoms with Crippen molar-refractivity contribution < 1.29 is 38.4 Å². The fourth-order valence-corrected chi connectivity index (χ4v) is 5.72. The van der Waals surface area contributed by atoms with Crippen molar-refractivity contribution in [1.29, 1.82) is 0 Å². The molecule has 56 heavy (non-hydrogen) atoms. The van der Waals surface area contributed by atoms with Gasteiger partial charge in [-0.05, 0) is 95.9 Å². The first-order valence-corrected chi connectivity index (χ1v) is 20.2. The van der Waals surface area contributed by atoms with Crippen LogP contribution in [0.5, 0.6) is 0 Å². The molecule has 0 aliphatic rings. The third kappa shape index (κ3) is 16.5. The molecule has 0 saturated heterocycles. The van der Waals surface area contributed by atoms with E-state index in [0.717, 1.165) is 31.9 Å². The zero-order valence-corrected chi connectivity index (χ0v) is 36.7. The van der Waals surface area contributed by atoms with E-state index in [2.05, 4.69) is 111 Å². The first-order chi connectivity index (χ1) is 26.8. The van der Waals surface area contributed by atoms with Crippen LogP contribution in [0.15, 0.2) is 95.9 Å². The molecule has 0 aliphatic heterocycles. The summed E-state index contributed by atoms with van der Waals surface area (Å²) in [5.74, 6) is -1.09. The Balaban J connectivity index is 0.000000249. The van der Waals surface area contributed by atoms with E-state index in [1.807, 2.05) is 56.7 Å². The van der Waals surface area contributed by atoms with E-state index >= 15 is 0 Å². The number of fused-ring (bicyclic) bond motifs is 3. The van der Waals surface area contributed by atoms with Crippen molar-refractivity contribution in [2.45, 2.75) is 39.8 Å². The van der Waals surface area contributed by atoms with Crippen molar-refractivity contribution in [2.24, 2.45) is 23.5 Å². The summed E-state index contributed by atoms with van der Waals surface area (Å²) in [4.78, 5) is 41.6. The van der Waals surface area contributed by atoms with Gasteiger partial charge in [-0.1, -0.05) is 64.5 Å². The maximum atomic E-state index is 11.3. The number of alkyl halides is 1. The van der Waals surface area contributed by atoms with E-state index in [9.17, 15) is 14.4 Å². The Labute approximate surface area is 350 Å². The Hall–Kier alpha value is -4.22. The number of halogens is 2. The Morgan fingerprint density at radius 1 is 0.643 bits per heavy atom. The van der Waals surface area contributed by atoms with Crippen molar-refractivity contribution in [2.75, 3.05) is 39.5 Å². The molecular formula is C42H54BrIN4O8. The zero-order chi connectivity index (χ0) is 41.6. The molecule has 12 nitrogen and oxygen atoms in total. The quantitative estimate of drug-likeness (QED) is 0.0298. The van der Waals surface area contributed by atoms with E-state index in [4.69, 9.17) is 20.3 Å². The molecule has 0 aliphatic carbocycles. The smallest absolute Gasteiger partial charge is 0.310 e. The van der Waals surface area contributed by atoms with Gasteiger partial charge in [0.05, 0.1) is 45.7 Å². The second kappa shape index (κ2) is 25.8. The Morgan fingerprint density at radius 2 is 1.05 bits per heavy atom. The van der Waals surface area contributed by atoms with E-state index < -0.39 is 0 Å². The highest BCUT2D eigenvalue weighted by molar-refractivity contribution is 14.1. The Kier molecular flexibility index (Phi) is 22.1. The monoisotopic (exact) mass is 948 g/mol. The lowest BCUT2D eigenvalue weighted by atomic mass is 10.0. The average molecular weight is 950 g/mol. The van der Waals surface area contributed by atoms with Crippen LogP contribution in [0.1, 0.15) is 31.9 Å². The van der Waals surface area contributed by atoms with E-state index in [1.54, 1.807) is 14.0 Å². The molecule has 0 bridgehead atoms. The number of benzene rings is 3. The molecule has 14 heteroatoms. The number of aromatic amines is 3. The molecule has 6 rings (SSSR count). The van der Waals surface area contributed by atoms with Crippen molar-refractivity contribution >= 4 is 89.1 Å². The van der Waals surface area contributed by atoms with Crippen LogP contribution < -0.4 is 5.73 Å². The lowest BCUT2D eigenvalue weighted by molar-refractivity contribution is -0.146. The normalized spacial score (nSPS) is 12.5. The van der Waals surface area contributed by atoms with Gasteiger partial charge >= 0.3 is 17.9 Å². The van der Waals surface area contributed by atoms with E-state index in [0.29, 0.717) is 6.42 Å². The van der Waals surface area contributed by atoms with Crippen LogP contribution in [0.4, 0.5) is 0 Å². The molecule has 0 unspecified atom stereocenters. The topological polar surface area (TPSA) is 182 Å². The number of carbonyl (C=O) groups excluding carboxylic acids is 3. The van der Waals surface area contributed by atoms with Crippen LogP contribution >= 0.6 is 38.5 Å². The van der Waals surface area contributed by atoms with Gasteiger partial charge < -0.3 is 44.7 Å². The summed E-state index contributed by atoms with van der Waals surface area (Å²) in [5, 5.41) is 12.0. The van der Waals surface area contributed by atoms with Crippen LogP contribution in [0.2, 0.25) is 0 Å². The summed E-state index contributed by atoms with van der Waals surface area (Å²) in [6.07, 6.45) is 7.04. The van der Waals surface area contributed by atoms with Gasteiger partial charge in [0.2, 0.25) is 0 Å². The summed E-state index contributed by atoms with van der Waals surface area (Å²) in [6, 6.07) is 24.7. The molecule has 3 aromatic carbocycles. The Morgan fingerprint density at radius 3 is 1.45 bits per heavy atom. The molecule has 0 spiro atoms. The van der Waals surface area contributed by atoms with Crippen LogP contribution in [-0.4, -0.2) is 83.7 Å². The third-order valence-corrected chi connectivity index (χ3v) is 10.2. The molecule has 6 aromatic rings. The van der Waals surface area contributed by atoms with Crippen LogP contribution in [0.25, 0.3) is 32.7 Å². The molecule has 304 valence electrons. The van der Waals surface area contributed by atoms with Crippen molar-refractivity contribution in [3.05, 3.63) is 107 Å². The molecule has 0 fully saturated rings. The van der Waals surface area contributed by atoms with Gasteiger partial charge in [-0.15, -0.1) is 0 Å². The van der Waals surface area contributed by atoms with Gasteiger partial charge in [-0.2, -0.15) is 0 Å². The standard InChI is InChI=1S/C13H15NO2.C11H14N2O.C8H6BrN.C5H9IO2.C5H10O3/c1-9(13(15)16-2)7-10-3-4-12-11(8-10)5-6-14-12;1-14-11(12)7-8-2-3-10-9(6-8)4-5-13-10;9-7-1-2-8-6(5-7)3-4-10-8;2*1-4(3-6)5(7)8-2/h3-6,8-9,14H,7H2,1-2H3;2-6,11,13H,7,12H2,1H3;1-5,10H;4H,3H2,1-2H3;4,6H,3H2,1-2H3/t9-;11-;;2*4-/m01.00/s1. The highest BCUT2D eigenvalue weighted by Crippen LogP contribution is 2.19. The number of aliphatic hydroxyl groups excluding tert-OH is 1. The minimum atomic E-state index is -0.389. The number of methoxy groups -OCH3 is 4. The van der Waals surface area contributed by atoms with Gasteiger partial charge in [-0.3, -0.25) is 14.4 Å².